The number of hydrogen-bond donors (Lipinski definition) is 1. The summed E-state index contributed by atoms with van der Waals surface area (Å²) < 4.78 is 15.1. The molecule has 1 heterocycles. The Kier molecular flexibility index (Phi) is 3.47. The van der Waals surface area contributed by atoms with Gasteiger partial charge in [-0.2, -0.15) is 5.10 Å². The van der Waals surface area contributed by atoms with Crippen LogP contribution in [0, 0.1) is 12.7 Å². The summed E-state index contributed by atoms with van der Waals surface area (Å²) in [6, 6.07) is 6.09. The summed E-state index contributed by atoms with van der Waals surface area (Å²) in [5.74, 6) is -0.742. The van der Waals surface area contributed by atoms with Crippen LogP contribution in [0.5, 0.6) is 0 Å². The zero-order valence-corrected chi connectivity index (χ0v) is 11.5. The summed E-state index contributed by atoms with van der Waals surface area (Å²) in [6.45, 7) is 1.80. The fraction of sp³-hybridized carbons (Fsp3) is 0.167. The Hall–Kier alpha value is -1.69. The molecule has 1 aromatic carbocycles. The number of carbonyl (C=O) groups is 1. The maximum atomic E-state index is 13.3. The van der Waals surface area contributed by atoms with Gasteiger partial charge in [0, 0.05) is 12.7 Å². The van der Waals surface area contributed by atoms with Crippen molar-refractivity contribution in [1.29, 1.82) is 0 Å². The Labute approximate surface area is 112 Å². The molecule has 0 bridgehead atoms. The molecule has 0 fully saturated rings. The van der Waals surface area contributed by atoms with Gasteiger partial charge in [-0.3, -0.25) is 9.48 Å². The first-order chi connectivity index (χ1) is 8.47. The average molecular weight is 312 g/mol. The van der Waals surface area contributed by atoms with Gasteiger partial charge in [-0.25, -0.2) is 4.39 Å². The fourth-order valence-electron chi connectivity index (χ4n) is 1.59. The topological polar surface area (TPSA) is 46.9 Å². The van der Waals surface area contributed by atoms with Gasteiger partial charge in [0.2, 0.25) is 0 Å². The zero-order valence-electron chi connectivity index (χ0n) is 9.87. The Bertz CT molecular complexity index is 609. The van der Waals surface area contributed by atoms with Gasteiger partial charge >= 0.3 is 0 Å². The number of nitrogens with zero attached hydrogens (tertiary/aromatic N) is 2. The molecule has 0 saturated heterocycles. The maximum Gasteiger partial charge on any atom is 0.273 e. The number of nitrogens with one attached hydrogen (secondary N) is 1. The summed E-state index contributed by atoms with van der Waals surface area (Å²) >= 11 is 3.05. The van der Waals surface area contributed by atoms with Crippen LogP contribution in [0.3, 0.4) is 0 Å². The molecule has 1 N–H and O–H groups in total. The monoisotopic (exact) mass is 311 g/mol. The van der Waals surface area contributed by atoms with Gasteiger partial charge in [0.25, 0.3) is 5.91 Å². The van der Waals surface area contributed by atoms with Crippen molar-refractivity contribution in [3.63, 3.8) is 0 Å². The molecule has 18 heavy (non-hydrogen) atoms. The van der Waals surface area contributed by atoms with Crippen molar-refractivity contribution in [3.8, 4) is 0 Å². The molecule has 94 valence electrons. The molecule has 0 atom stereocenters. The minimum Gasteiger partial charge on any atom is -0.321 e. The molecule has 4 nitrogen and oxygen atoms in total. The predicted molar refractivity (Wildman–Crippen MR) is 70.0 cm³/mol. The highest BCUT2D eigenvalue weighted by Crippen LogP contribution is 2.19. The first kappa shape index (κ1) is 12.8. The highest BCUT2D eigenvalue weighted by molar-refractivity contribution is 9.10. The summed E-state index contributed by atoms with van der Waals surface area (Å²) in [6.07, 6.45) is 0. The summed E-state index contributed by atoms with van der Waals surface area (Å²) in [4.78, 5) is 11.9. The number of anilines is 1. The van der Waals surface area contributed by atoms with Crippen LogP contribution in [-0.2, 0) is 7.05 Å². The first-order valence-electron chi connectivity index (χ1n) is 5.24. The van der Waals surface area contributed by atoms with Gasteiger partial charge in [0.05, 0.1) is 10.2 Å². The van der Waals surface area contributed by atoms with E-state index in [1.165, 1.54) is 10.7 Å². The van der Waals surface area contributed by atoms with Crippen molar-refractivity contribution < 1.29 is 9.18 Å². The Balaban J connectivity index is 2.21. The van der Waals surface area contributed by atoms with Crippen molar-refractivity contribution in [2.75, 3.05) is 5.32 Å². The van der Waals surface area contributed by atoms with E-state index in [1.54, 1.807) is 32.2 Å². The number of amides is 1. The van der Waals surface area contributed by atoms with Gasteiger partial charge in [-0.05, 0) is 47.1 Å². The van der Waals surface area contributed by atoms with E-state index in [2.05, 4.69) is 26.3 Å². The minimum atomic E-state index is -0.422. The molecule has 0 spiro atoms. The number of rotatable bonds is 2. The van der Waals surface area contributed by atoms with Crippen LogP contribution in [0.2, 0.25) is 0 Å². The standard InChI is InChI=1S/C12H11BrFN3O/c1-7-5-11(17(2)16-7)12(18)15-8-3-4-9(13)10(14)6-8/h3-6H,1-2H3,(H,15,18). The molecule has 0 unspecified atom stereocenters. The number of aryl methyl sites for hydroxylation is 2. The van der Waals surface area contributed by atoms with E-state index in [0.717, 1.165) is 5.69 Å². The number of hydrogen-bond acceptors (Lipinski definition) is 2. The molecular formula is C12H11BrFN3O. The lowest BCUT2D eigenvalue weighted by Crippen LogP contribution is -2.16. The third-order valence-corrected chi connectivity index (χ3v) is 3.06. The molecule has 0 aliphatic carbocycles. The molecule has 1 amide bonds. The Morgan fingerprint density at radius 1 is 1.44 bits per heavy atom. The lowest BCUT2D eigenvalue weighted by Gasteiger charge is -2.05. The van der Waals surface area contributed by atoms with E-state index >= 15 is 0 Å². The molecule has 1 aromatic heterocycles. The normalized spacial score (nSPS) is 10.4. The van der Waals surface area contributed by atoms with Gasteiger partial charge < -0.3 is 5.32 Å². The van der Waals surface area contributed by atoms with Gasteiger partial charge in [-0.15, -0.1) is 0 Å². The van der Waals surface area contributed by atoms with E-state index in [4.69, 9.17) is 0 Å². The second-order valence-electron chi connectivity index (χ2n) is 3.88. The van der Waals surface area contributed by atoms with Crippen molar-refractivity contribution in [1.82, 2.24) is 9.78 Å². The largest absolute Gasteiger partial charge is 0.321 e. The van der Waals surface area contributed by atoms with Crippen molar-refractivity contribution >= 4 is 27.5 Å². The van der Waals surface area contributed by atoms with E-state index in [1.807, 2.05) is 0 Å². The van der Waals surface area contributed by atoms with Crippen LogP contribution < -0.4 is 5.32 Å². The van der Waals surface area contributed by atoms with Crippen molar-refractivity contribution in [2.45, 2.75) is 6.92 Å². The Morgan fingerprint density at radius 3 is 2.72 bits per heavy atom. The molecule has 0 aliphatic heterocycles. The molecule has 2 aromatic rings. The van der Waals surface area contributed by atoms with E-state index in [-0.39, 0.29) is 5.91 Å². The van der Waals surface area contributed by atoms with E-state index in [9.17, 15) is 9.18 Å². The smallest absolute Gasteiger partial charge is 0.273 e. The molecule has 0 saturated carbocycles. The predicted octanol–water partition coefficient (Wildman–Crippen LogP) is 2.88. The molecule has 0 aliphatic rings. The SMILES string of the molecule is Cc1cc(C(=O)Nc2ccc(Br)c(F)c2)n(C)n1. The highest BCUT2D eigenvalue weighted by Gasteiger charge is 2.12. The number of aromatic nitrogens is 2. The Morgan fingerprint density at radius 2 is 2.17 bits per heavy atom. The lowest BCUT2D eigenvalue weighted by molar-refractivity contribution is 0.101. The van der Waals surface area contributed by atoms with Crippen LogP contribution in [-0.4, -0.2) is 15.7 Å². The van der Waals surface area contributed by atoms with Gasteiger partial charge in [0.1, 0.15) is 11.5 Å². The second-order valence-corrected chi connectivity index (χ2v) is 4.73. The van der Waals surface area contributed by atoms with Crippen LogP contribution in [0.4, 0.5) is 10.1 Å². The van der Waals surface area contributed by atoms with Crippen LogP contribution >= 0.6 is 15.9 Å². The van der Waals surface area contributed by atoms with Crippen LogP contribution in [0.25, 0.3) is 0 Å². The van der Waals surface area contributed by atoms with E-state index in [0.29, 0.717) is 15.9 Å². The summed E-state index contributed by atoms with van der Waals surface area (Å²) in [5.41, 5.74) is 1.58. The second kappa shape index (κ2) is 4.89. The minimum absolute atomic E-state index is 0.320. The quantitative estimate of drug-likeness (QED) is 0.927. The fourth-order valence-corrected chi connectivity index (χ4v) is 1.84. The highest BCUT2D eigenvalue weighted by atomic mass is 79.9. The number of benzene rings is 1. The van der Waals surface area contributed by atoms with Crippen LogP contribution in [0.15, 0.2) is 28.7 Å². The third-order valence-electron chi connectivity index (χ3n) is 2.41. The van der Waals surface area contributed by atoms with E-state index < -0.39 is 5.82 Å². The number of halogens is 2. The number of carbonyl (C=O) groups excluding carboxylic acids is 1. The van der Waals surface area contributed by atoms with Crippen LogP contribution in [0.1, 0.15) is 16.2 Å². The van der Waals surface area contributed by atoms with Gasteiger partial charge in [0.15, 0.2) is 0 Å². The third kappa shape index (κ3) is 2.59. The van der Waals surface area contributed by atoms with Crippen molar-refractivity contribution in [3.05, 3.63) is 45.9 Å². The van der Waals surface area contributed by atoms with Gasteiger partial charge in [-0.1, -0.05) is 0 Å². The molecule has 2 rings (SSSR count). The maximum absolute atomic E-state index is 13.3. The molecule has 6 heteroatoms. The zero-order chi connectivity index (χ0) is 13.3. The first-order valence-corrected chi connectivity index (χ1v) is 6.03. The molecule has 0 radical (unpaired) electrons. The average Bonchev–Trinajstić information content (AvgIpc) is 2.63. The summed E-state index contributed by atoms with van der Waals surface area (Å²) in [5, 5.41) is 6.70. The lowest BCUT2D eigenvalue weighted by atomic mass is 10.3. The molecular weight excluding hydrogens is 301 g/mol. The summed E-state index contributed by atoms with van der Waals surface area (Å²) in [7, 11) is 1.68. The van der Waals surface area contributed by atoms with Crippen molar-refractivity contribution in [2.24, 2.45) is 7.05 Å².